The third kappa shape index (κ3) is 4.61. The number of rotatable bonds is 6. The average Bonchev–Trinajstić information content (AvgIpc) is 2.55. The summed E-state index contributed by atoms with van der Waals surface area (Å²) in [6.45, 7) is 0.381. The van der Waals surface area contributed by atoms with Crippen molar-refractivity contribution in [3.05, 3.63) is 58.6 Å². The highest BCUT2D eigenvalue weighted by atomic mass is 35.5. The van der Waals surface area contributed by atoms with Gasteiger partial charge in [-0.1, -0.05) is 11.6 Å². The number of nitrogens with two attached hydrogens (primary N) is 2. The molecule has 0 saturated heterocycles. The van der Waals surface area contributed by atoms with Crippen LogP contribution in [0, 0.1) is 0 Å². The quantitative estimate of drug-likeness (QED) is 0.430. The third-order valence-corrected chi connectivity index (χ3v) is 3.73. The van der Waals surface area contributed by atoms with Gasteiger partial charge >= 0.3 is 0 Å². The molecule has 23 heavy (non-hydrogen) atoms. The molecule has 1 unspecified atom stereocenters. The van der Waals surface area contributed by atoms with Gasteiger partial charge in [0.25, 0.3) is 0 Å². The van der Waals surface area contributed by atoms with E-state index in [1.165, 1.54) is 0 Å². The van der Waals surface area contributed by atoms with Gasteiger partial charge in [-0.3, -0.25) is 4.99 Å². The zero-order valence-corrected chi connectivity index (χ0v) is 13.6. The molecule has 0 spiro atoms. The molecule has 2 rings (SSSR count). The van der Waals surface area contributed by atoms with Crippen molar-refractivity contribution in [1.82, 2.24) is 0 Å². The van der Waals surface area contributed by atoms with Crippen molar-refractivity contribution in [3.8, 4) is 5.75 Å². The van der Waals surface area contributed by atoms with Crippen molar-refractivity contribution in [2.75, 3.05) is 19.4 Å². The fourth-order valence-corrected chi connectivity index (χ4v) is 2.27. The summed E-state index contributed by atoms with van der Waals surface area (Å²) < 4.78 is 5.15. The summed E-state index contributed by atoms with van der Waals surface area (Å²) in [7, 11) is 1.57. The van der Waals surface area contributed by atoms with Gasteiger partial charge in [-0.05, 0) is 48.9 Å². The van der Waals surface area contributed by atoms with Gasteiger partial charge in [0, 0.05) is 28.4 Å². The van der Waals surface area contributed by atoms with Crippen LogP contribution in [0.3, 0.4) is 0 Å². The van der Waals surface area contributed by atoms with Gasteiger partial charge in [0.2, 0.25) is 0 Å². The van der Waals surface area contributed by atoms with E-state index in [1.807, 2.05) is 0 Å². The predicted molar refractivity (Wildman–Crippen MR) is 94.0 cm³/mol. The van der Waals surface area contributed by atoms with Crippen LogP contribution in [0.4, 0.5) is 5.69 Å². The maximum atomic E-state index is 10.3. The van der Waals surface area contributed by atoms with Gasteiger partial charge in [0.15, 0.2) is 0 Å². The first-order valence-electron chi connectivity index (χ1n) is 7.18. The molecule has 0 heterocycles. The number of hydrogen-bond acceptors (Lipinski definition) is 4. The van der Waals surface area contributed by atoms with E-state index in [4.69, 9.17) is 27.8 Å². The molecule has 0 bridgehead atoms. The zero-order valence-electron chi connectivity index (χ0n) is 12.9. The number of methoxy groups -OCH3 is 1. The first kappa shape index (κ1) is 17.1. The standard InChI is InChI=1S/C17H20ClN3O2/c1-23-13-6-7-15(19)14(10-13)16(22)8-9-21-17(20)11-2-4-12(18)5-3-11/h2-7,10,16,22H,8-9,19H2,1H3,(H2,20,21). The number of anilines is 1. The number of ether oxygens (including phenoxy) is 1. The van der Waals surface area contributed by atoms with Crippen LogP contribution in [0.1, 0.15) is 23.7 Å². The van der Waals surface area contributed by atoms with E-state index in [0.717, 1.165) is 5.56 Å². The molecule has 0 amide bonds. The van der Waals surface area contributed by atoms with E-state index in [2.05, 4.69) is 4.99 Å². The fraction of sp³-hybridized carbons (Fsp3) is 0.235. The lowest BCUT2D eigenvalue weighted by Crippen LogP contribution is -2.14. The third-order valence-electron chi connectivity index (χ3n) is 3.48. The summed E-state index contributed by atoms with van der Waals surface area (Å²) in [5.74, 6) is 1.06. The molecule has 5 nitrogen and oxygen atoms in total. The second-order valence-corrected chi connectivity index (χ2v) is 5.51. The Morgan fingerprint density at radius 2 is 1.96 bits per heavy atom. The van der Waals surface area contributed by atoms with Crippen molar-refractivity contribution < 1.29 is 9.84 Å². The Labute approximate surface area is 140 Å². The van der Waals surface area contributed by atoms with E-state index >= 15 is 0 Å². The minimum absolute atomic E-state index is 0.381. The first-order valence-corrected chi connectivity index (χ1v) is 7.56. The van der Waals surface area contributed by atoms with Crippen molar-refractivity contribution >= 4 is 23.1 Å². The van der Waals surface area contributed by atoms with Crippen molar-refractivity contribution in [1.29, 1.82) is 0 Å². The molecule has 0 saturated carbocycles. The molecule has 0 aliphatic heterocycles. The van der Waals surface area contributed by atoms with Crippen LogP contribution < -0.4 is 16.2 Å². The van der Waals surface area contributed by atoms with Crippen LogP contribution in [0.15, 0.2) is 47.5 Å². The maximum Gasteiger partial charge on any atom is 0.125 e. The Morgan fingerprint density at radius 1 is 1.26 bits per heavy atom. The van der Waals surface area contributed by atoms with Crippen molar-refractivity contribution in [3.63, 3.8) is 0 Å². The SMILES string of the molecule is COc1ccc(N)c(C(O)CCN=C(N)c2ccc(Cl)cc2)c1. The van der Waals surface area contributed by atoms with Crippen LogP contribution >= 0.6 is 11.6 Å². The minimum Gasteiger partial charge on any atom is -0.497 e. The maximum absolute atomic E-state index is 10.3. The second kappa shape index (κ2) is 7.85. The van der Waals surface area contributed by atoms with Gasteiger partial charge in [-0.2, -0.15) is 0 Å². The molecular weight excluding hydrogens is 314 g/mol. The molecule has 2 aromatic rings. The van der Waals surface area contributed by atoms with Gasteiger partial charge in [-0.25, -0.2) is 0 Å². The van der Waals surface area contributed by atoms with Crippen LogP contribution in [-0.4, -0.2) is 24.6 Å². The van der Waals surface area contributed by atoms with E-state index in [9.17, 15) is 5.11 Å². The molecule has 5 N–H and O–H groups in total. The smallest absolute Gasteiger partial charge is 0.125 e. The summed E-state index contributed by atoms with van der Waals surface area (Å²) in [6, 6.07) is 12.3. The summed E-state index contributed by atoms with van der Waals surface area (Å²) in [5, 5.41) is 10.9. The van der Waals surface area contributed by atoms with Gasteiger partial charge < -0.3 is 21.3 Å². The highest BCUT2D eigenvalue weighted by molar-refractivity contribution is 6.30. The molecule has 0 aliphatic carbocycles. The normalized spacial score (nSPS) is 12.9. The van der Waals surface area contributed by atoms with E-state index < -0.39 is 6.10 Å². The second-order valence-electron chi connectivity index (χ2n) is 5.07. The lowest BCUT2D eigenvalue weighted by atomic mass is 10.0. The molecule has 0 fully saturated rings. The number of aliphatic hydroxyl groups is 1. The monoisotopic (exact) mass is 333 g/mol. The van der Waals surface area contributed by atoms with Gasteiger partial charge in [0.05, 0.1) is 13.2 Å². The topological polar surface area (TPSA) is 93.9 Å². The van der Waals surface area contributed by atoms with Crippen LogP contribution in [0.2, 0.25) is 5.02 Å². The molecule has 0 radical (unpaired) electrons. The summed E-state index contributed by atoms with van der Waals surface area (Å²) >= 11 is 5.83. The first-order chi connectivity index (χ1) is 11.0. The average molecular weight is 334 g/mol. The Bertz CT molecular complexity index is 687. The number of amidine groups is 1. The zero-order chi connectivity index (χ0) is 16.8. The number of halogens is 1. The number of nitrogen functional groups attached to an aromatic ring is 1. The van der Waals surface area contributed by atoms with E-state index in [-0.39, 0.29) is 0 Å². The molecule has 6 heteroatoms. The summed E-state index contributed by atoms with van der Waals surface area (Å²) in [6.07, 6.45) is -0.321. The highest BCUT2D eigenvalue weighted by Crippen LogP contribution is 2.27. The molecular formula is C17H20ClN3O2. The number of hydrogen-bond donors (Lipinski definition) is 3. The minimum atomic E-state index is -0.730. The molecule has 0 aliphatic rings. The Morgan fingerprint density at radius 3 is 2.61 bits per heavy atom. The number of aliphatic imine (C=N–C) groups is 1. The molecule has 2 aromatic carbocycles. The van der Waals surface area contributed by atoms with E-state index in [1.54, 1.807) is 49.6 Å². The summed E-state index contributed by atoms with van der Waals surface area (Å²) in [4.78, 5) is 4.28. The summed E-state index contributed by atoms with van der Waals surface area (Å²) in [5.41, 5.74) is 13.8. The Kier molecular flexibility index (Phi) is 5.84. The lowest BCUT2D eigenvalue weighted by molar-refractivity contribution is 0.171. The van der Waals surface area contributed by atoms with Gasteiger partial charge in [-0.15, -0.1) is 0 Å². The fourth-order valence-electron chi connectivity index (χ4n) is 2.14. The predicted octanol–water partition coefficient (Wildman–Crippen LogP) is 2.76. The van der Waals surface area contributed by atoms with E-state index in [0.29, 0.717) is 40.8 Å². The Hall–Kier alpha value is -2.24. The number of benzene rings is 2. The lowest BCUT2D eigenvalue weighted by Gasteiger charge is -2.14. The number of nitrogens with zero attached hydrogens (tertiary/aromatic N) is 1. The highest BCUT2D eigenvalue weighted by Gasteiger charge is 2.12. The molecule has 122 valence electrons. The van der Waals surface area contributed by atoms with Crippen molar-refractivity contribution in [2.45, 2.75) is 12.5 Å². The van der Waals surface area contributed by atoms with Gasteiger partial charge in [0.1, 0.15) is 11.6 Å². The van der Waals surface area contributed by atoms with Crippen molar-refractivity contribution in [2.24, 2.45) is 10.7 Å². The van der Waals surface area contributed by atoms with Crippen LogP contribution in [0.5, 0.6) is 5.75 Å². The van der Waals surface area contributed by atoms with Crippen LogP contribution in [0.25, 0.3) is 0 Å². The molecule has 0 aromatic heterocycles. The number of aliphatic hydroxyl groups excluding tert-OH is 1. The Balaban J connectivity index is 2.00. The molecule has 1 atom stereocenters. The largest absolute Gasteiger partial charge is 0.497 e. The van der Waals surface area contributed by atoms with Crippen LogP contribution in [-0.2, 0) is 0 Å².